The second-order valence-electron chi connectivity index (χ2n) is 2.71. The maximum Gasteiger partial charge on any atom is 0.278 e. The van der Waals surface area contributed by atoms with Crippen LogP contribution in [-0.2, 0) is 0 Å². The zero-order chi connectivity index (χ0) is 10.6. The molecule has 3 nitrogen and oxygen atoms in total. The van der Waals surface area contributed by atoms with E-state index >= 15 is 0 Å². The summed E-state index contributed by atoms with van der Waals surface area (Å²) in [6, 6.07) is 6.71. The number of hydrogen-bond donors (Lipinski definition) is 1. The van der Waals surface area contributed by atoms with Gasteiger partial charge in [0.1, 0.15) is 0 Å². The third-order valence-electron chi connectivity index (χ3n) is 1.85. The van der Waals surface area contributed by atoms with Crippen molar-refractivity contribution in [2.24, 2.45) is 0 Å². The van der Waals surface area contributed by atoms with Crippen LogP contribution in [0.4, 0.5) is 0 Å². The van der Waals surface area contributed by atoms with Crippen molar-refractivity contribution in [2.45, 2.75) is 6.92 Å². The van der Waals surface area contributed by atoms with E-state index in [2.05, 4.69) is 5.92 Å². The number of rotatable bonds is 2. The van der Waals surface area contributed by atoms with Crippen molar-refractivity contribution in [1.29, 1.82) is 0 Å². The van der Waals surface area contributed by atoms with Crippen molar-refractivity contribution >= 4 is 5.91 Å². The average Bonchev–Trinajstić information content (AvgIpc) is 2.26. The highest BCUT2D eigenvalue weighted by molar-refractivity contribution is 5.95. The van der Waals surface area contributed by atoms with Gasteiger partial charge in [0.15, 0.2) is 0 Å². The molecule has 0 aliphatic carbocycles. The molecule has 1 amide bonds. The van der Waals surface area contributed by atoms with E-state index in [1.807, 2.05) is 0 Å². The number of hydrogen-bond acceptors (Lipinski definition) is 2. The van der Waals surface area contributed by atoms with Crippen LogP contribution in [-0.4, -0.2) is 22.7 Å². The van der Waals surface area contributed by atoms with E-state index < -0.39 is 5.91 Å². The van der Waals surface area contributed by atoms with Gasteiger partial charge in [0.25, 0.3) is 5.91 Å². The second-order valence-corrected chi connectivity index (χ2v) is 2.71. The van der Waals surface area contributed by atoms with E-state index in [0.717, 1.165) is 0 Å². The lowest BCUT2D eigenvalue weighted by Gasteiger charge is -2.12. The summed E-state index contributed by atoms with van der Waals surface area (Å²) in [4.78, 5) is 11.5. The van der Waals surface area contributed by atoms with Gasteiger partial charge in [-0.15, -0.1) is 6.42 Å². The number of nitrogens with zero attached hydrogens (tertiary/aromatic N) is 1. The molecule has 0 fully saturated rings. The van der Waals surface area contributed by atoms with Crippen LogP contribution >= 0.6 is 0 Å². The number of hydroxylamine groups is 2. The maximum atomic E-state index is 11.5. The zero-order valence-electron chi connectivity index (χ0n) is 7.90. The molecular weight excluding hydrogens is 178 g/mol. The van der Waals surface area contributed by atoms with E-state index in [9.17, 15) is 10.0 Å². The van der Waals surface area contributed by atoms with Gasteiger partial charge in [-0.25, -0.2) is 5.06 Å². The molecule has 14 heavy (non-hydrogen) atoms. The van der Waals surface area contributed by atoms with Gasteiger partial charge in [0.2, 0.25) is 0 Å². The predicted octanol–water partition coefficient (Wildman–Crippen LogP) is 1.52. The van der Waals surface area contributed by atoms with Crippen LogP contribution in [0.2, 0.25) is 0 Å². The Kier molecular flexibility index (Phi) is 3.27. The molecule has 0 radical (unpaired) electrons. The fourth-order valence-corrected chi connectivity index (χ4v) is 1.08. The highest BCUT2D eigenvalue weighted by atomic mass is 16.5. The summed E-state index contributed by atoms with van der Waals surface area (Å²) >= 11 is 0. The Labute approximate surface area is 82.9 Å². The molecule has 0 aromatic heterocycles. The summed E-state index contributed by atoms with van der Waals surface area (Å²) in [6.07, 6.45) is 5.23. The summed E-state index contributed by atoms with van der Waals surface area (Å²) in [5.41, 5.74) is 0.837. The standard InChI is InChI=1S/C11H11NO2/c1-3-9-7-5-6-8-10(9)11(13)12(14)4-2/h1,5-8,14H,4H2,2H3. The van der Waals surface area contributed by atoms with E-state index in [1.54, 1.807) is 31.2 Å². The smallest absolute Gasteiger partial charge is 0.278 e. The first-order chi connectivity index (χ1) is 6.70. The molecule has 72 valence electrons. The highest BCUT2D eigenvalue weighted by Gasteiger charge is 2.14. The number of benzene rings is 1. The van der Waals surface area contributed by atoms with Crippen molar-refractivity contribution in [3.8, 4) is 12.3 Å². The molecule has 0 aliphatic rings. The van der Waals surface area contributed by atoms with Gasteiger partial charge < -0.3 is 0 Å². The first kappa shape index (κ1) is 10.3. The first-order valence-electron chi connectivity index (χ1n) is 4.27. The molecule has 1 aromatic carbocycles. The van der Waals surface area contributed by atoms with Gasteiger partial charge in [0.05, 0.1) is 5.56 Å². The van der Waals surface area contributed by atoms with Gasteiger partial charge in [-0.05, 0) is 19.1 Å². The van der Waals surface area contributed by atoms with Gasteiger partial charge >= 0.3 is 0 Å². The van der Waals surface area contributed by atoms with Gasteiger partial charge in [-0.2, -0.15) is 0 Å². The molecule has 0 spiro atoms. The topological polar surface area (TPSA) is 40.5 Å². The Hall–Kier alpha value is -1.79. The molecule has 1 rings (SSSR count). The Morgan fingerprint density at radius 2 is 2.21 bits per heavy atom. The van der Waals surface area contributed by atoms with Crippen molar-refractivity contribution < 1.29 is 10.0 Å². The monoisotopic (exact) mass is 189 g/mol. The minimum absolute atomic E-state index is 0.234. The van der Waals surface area contributed by atoms with Crippen molar-refractivity contribution in [3.05, 3.63) is 35.4 Å². The normalized spacial score (nSPS) is 9.21. The third kappa shape index (κ3) is 1.93. The number of carbonyl (C=O) groups excluding carboxylic acids is 1. The van der Waals surface area contributed by atoms with E-state index in [4.69, 9.17) is 6.42 Å². The molecule has 0 aliphatic heterocycles. The Bertz CT molecular complexity index is 379. The third-order valence-corrected chi connectivity index (χ3v) is 1.85. The maximum absolute atomic E-state index is 11.5. The van der Waals surface area contributed by atoms with Gasteiger partial charge in [-0.1, -0.05) is 18.1 Å². The van der Waals surface area contributed by atoms with Crippen LogP contribution in [0.5, 0.6) is 0 Å². The molecule has 1 aromatic rings. The Morgan fingerprint density at radius 3 is 2.79 bits per heavy atom. The molecule has 0 saturated carbocycles. The fourth-order valence-electron chi connectivity index (χ4n) is 1.08. The lowest BCUT2D eigenvalue weighted by molar-refractivity contribution is -0.0541. The van der Waals surface area contributed by atoms with Crippen molar-refractivity contribution in [1.82, 2.24) is 5.06 Å². The fraction of sp³-hybridized carbons (Fsp3) is 0.182. The Morgan fingerprint density at radius 1 is 1.57 bits per heavy atom. The number of amides is 1. The van der Waals surface area contributed by atoms with Crippen LogP contribution in [0, 0.1) is 12.3 Å². The largest absolute Gasteiger partial charge is 0.286 e. The first-order valence-corrected chi connectivity index (χ1v) is 4.27. The number of carbonyl (C=O) groups is 1. The lowest BCUT2D eigenvalue weighted by atomic mass is 10.1. The summed E-state index contributed by atoms with van der Waals surface area (Å²) in [7, 11) is 0. The molecular formula is C11H11NO2. The van der Waals surface area contributed by atoms with E-state index in [-0.39, 0.29) is 6.54 Å². The molecule has 0 unspecified atom stereocenters. The van der Waals surface area contributed by atoms with E-state index in [0.29, 0.717) is 16.2 Å². The molecule has 0 atom stereocenters. The number of terminal acetylenes is 1. The summed E-state index contributed by atoms with van der Waals surface area (Å²) in [6.45, 7) is 1.91. The molecule has 3 heteroatoms. The van der Waals surface area contributed by atoms with Gasteiger partial charge in [0, 0.05) is 12.1 Å². The molecule has 0 bridgehead atoms. The zero-order valence-corrected chi connectivity index (χ0v) is 7.90. The SMILES string of the molecule is C#Cc1ccccc1C(=O)N(O)CC. The predicted molar refractivity (Wildman–Crippen MR) is 52.9 cm³/mol. The van der Waals surface area contributed by atoms with Crippen molar-refractivity contribution in [3.63, 3.8) is 0 Å². The lowest BCUT2D eigenvalue weighted by Crippen LogP contribution is -2.27. The average molecular weight is 189 g/mol. The summed E-state index contributed by atoms with van der Waals surface area (Å²) < 4.78 is 0. The second kappa shape index (κ2) is 4.45. The van der Waals surface area contributed by atoms with Gasteiger partial charge in [-0.3, -0.25) is 10.0 Å². The van der Waals surface area contributed by atoms with Crippen LogP contribution in [0.1, 0.15) is 22.8 Å². The van der Waals surface area contributed by atoms with Crippen LogP contribution in [0.15, 0.2) is 24.3 Å². The van der Waals surface area contributed by atoms with Crippen molar-refractivity contribution in [2.75, 3.05) is 6.54 Å². The van der Waals surface area contributed by atoms with Crippen LogP contribution in [0.3, 0.4) is 0 Å². The highest BCUT2D eigenvalue weighted by Crippen LogP contribution is 2.09. The molecule has 0 saturated heterocycles. The van der Waals surface area contributed by atoms with Crippen LogP contribution in [0.25, 0.3) is 0 Å². The summed E-state index contributed by atoms with van der Waals surface area (Å²) in [5, 5.41) is 9.85. The Balaban J connectivity index is 3.08. The minimum atomic E-state index is -0.471. The van der Waals surface area contributed by atoms with Crippen LogP contribution < -0.4 is 0 Å². The summed E-state index contributed by atoms with van der Waals surface area (Å²) in [5.74, 6) is 1.93. The molecule has 1 N–H and O–H groups in total. The molecule has 0 heterocycles. The van der Waals surface area contributed by atoms with E-state index in [1.165, 1.54) is 0 Å². The minimum Gasteiger partial charge on any atom is -0.286 e. The quantitative estimate of drug-likeness (QED) is 0.435.